The van der Waals surface area contributed by atoms with E-state index < -0.39 is 61.2 Å². The van der Waals surface area contributed by atoms with Crippen molar-refractivity contribution in [2.24, 2.45) is 0 Å². The zero-order valence-electron chi connectivity index (χ0n) is 15.8. The van der Waals surface area contributed by atoms with Gasteiger partial charge in [0.25, 0.3) is 5.91 Å². The number of sulfone groups is 1. The number of nitrogens with one attached hydrogen (secondary N) is 1. The molecule has 31 heavy (non-hydrogen) atoms. The lowest BCUT2D eigenvalue weighted by molar-refractivity contribution is -0.138. The number of amides is 1. The standard InChI is InChI=1S/C20H16F4N2O4S/c21-14-4-2-13(3-5-14)19(28,11-31(29,30)16-7-8-16)18(27)26-15-6-1-12(10-25)17(9-15)20(22,23)24/h1-6,9,16,28H,7-8,11H2,(H,26,27). The van der Waals surface area contributed by atoms with Gasteiger partial charge in [-0.25, -0.2) is 12.8 Å². The van der Waals surface area contributed by atoms with Gasteiger partial charge in [-0.15, -0.1) is 0 Å². The maximum Gasteiger partial charge on any atom is 0.417 e. The molecule has 1 unspecified atom stereocenters. The second-order valence-electron chi connectivity index (χ2n) is 7.20. The molecule has 0 bridgehead atoms. The van der Waals surface area contributed by atoms with E-state index >= 15 is 0 Å². The van der Waals surface area contributed by atoms with Gasteiger partial charge in [0.05, 0.1) is 28.2 Å². The Morgan fingerprint density at radius 2 is 1.77 bits per heavy atom. The molecule has 0 aromatic heterocycles. The highest BCUT2D eigenvalue weighted by Crippen LogP contribution is 2.36. The number of halogens is 4. The monoisotopic (exact) mass is 456 g/mol. The Morgan fingerprint density at radius 1 is 1.16 bits per heavy atom. The van der Waals surface area contributed by atoms with E-state index in [1.807, 2.05) is 0 Å². The lowest BCUT2D eigenvalue weighted by atomic mass is 9.94. The molecule has 0 radical (unpaired) electrons. The zero-order chi connectivity index (χ0) is 23.0. The number of hydrogen-bond donors (Lipinski definition) is 2. The highest BCUT2D eigenvalue weighted by molar-refractivity contribution is 7.92. The van der Waals surface area contributed by atoms with Crippen molar-refractivity contribution in [2.45, 2.75) is 29.9 Å². The van der Waals surface area contributed by atoms with E-state index in [1.54, 1.807) is 0 Å². The molecule has 1 aliphatic rings. The summed E-state index contributed by atoms with van der Waals surface area (Å²) in [7, 11) is -3.91. The van der Waals surface area contributed by atoms with Gasteiger partial charge in [0.15, 0.2) is 15.4 Å². The number of carbonyl (C=O) groups is 1. The van der Waals surface area contributed by atoms with Crippen molar-refractivity contribution in [2.75, 3.05) is 11.1 Å². The van der Waals surface area contributed by atoms with Crippen molar-refractivity contribution < 1.29 is 35.9 Å². The van der Waals surface area contributed by atoms with E-state index in [2.05, 4.69) is 5.32 Å². The predicted octanol–water partition coefficient (Wildman–Crippen LogP) is 3.12. The van der Waals surface area contributed by atoms with Crippen LogP contribution in [0.3, 0.4) is 0 Å². The van der Waals surface area contributed by atoms with Gasteiger partial charge < -0.3 is 10.4 Å². The molecule has 0 aliphatic heterocycles. The van der Waals surface area contributed by atoms with Gasteiger partial charge >= 0.3 is 6.18 Å². The van der Waals surface area contributed by atoms with Gasteiger partial charge in [0, 0.05) is 5.69 Å². The molecule has 11 heteroatoms. The van der Waals surface area contributed by atoms with Crippen LogP contribution in [0.25, 0.3) is 0 Å². The summed E-state index contributed by atoms with van der Waals surface area (Å²) in [4.78, 5) is 12.9. The van der Waals surface area contributed by atoms with Crippen LogP contribution in [-0.4, -0.2) is 30.4 Å². The molecule has 0 heterocycles. The van der Waals surface area contributed by atoms with Crippen LogP contribution in [0.2, 0.25) is 0 Å². The third-order valence-corrected chi connectivity index (χ3v) is 7.15. The quantitative estimate of drug-likeness (QED) is 0.650. The van der Waals surface area contributed by atoms with Crippen molar-refractivity contribution in [1.29, 1.82) is 5.26 Å². The molecule has 1 atom stereocenters. The van der Waals surface area contributed by atoms with Crippen LogP contribution in [0.5, 0.6) is 0 Å². The minimum absolute atomic E-state index is 0.236. The molecule has 1 saturated carbocycles. The number of benzene rings is 2. The summed E-state index contributed by atoms with van der Waals surface area (Å²) < 4.78 is 77.8. The Morgan fingerprint density at radius 3 is 2.29 bits per heavy atom. The number of carbonyl (C=O) groups excluding carboxylic acids is 1. The Hall–Kier alpha value is -2.97. The number of aliphatic hydroxyl groups is 1. The van der Waals surface area contributed by atoms with Gasteiger partial charge in [-0.2, -0.15) is 18.4 Å². The topological polar surface area (TPSA) is 107 Å². The molecule has 6 nitrogen and oxygen atoms in total. The third-order valence-electron chi connectivity index (χ3n) is 4.84. The van der Waals surface area contributed by atoms with E-state index in [0.29, 0.717) is 18.9 Å². The molecule has 2 aromatic rings. The third kappa shape index (κ3) is 4.86. The summed E-state index contributed by atoms with van der Waals surface area (Å²) >= 11 is 0. The first-order chi connectivity index (χ1) is 14.4. The molecular weight excluding hydrogens is 440 g/mol. The number of alkyl halides is 3. The molecule has 0 spiro atoms. The molecule has 1 amide bonds. The van der Waals surface area contributed by atoms with E-state index in [0.717, 1.165) is 36.4 Å². The molecular formula is C20H16F4N2O4S. The van der Waals surface area contributed by atoms with Gasteiger partial charge in [0.1, 0.15) is 5.82 Å². The predicted molar refractivity (Wildman–Crippen MR) is 102 cm³/mol. The maximum absolute atomic E-state index is 13.3. The van der Waals surface area contributed by atoms with Gasteiger partial charge in [0.2, 0.25) is 0 Å². The smallest absolute Gasteiger partial charge is 0.374 e. The number of anilines is 1. The summed E-state index contributed by atoms with van der Waals surface area (Å²) in [5.74, 6) is -3.02. The lowest BCUT2D eigenvalue weighted by Gasteiger charge is -2.27. The highest BCUT2D eigenvalue weighted by atomic mass is 32.2. The fraction of sp³-hybridized carbons (Fsp3) is 0.300. The molecule has 164 valence electrons. The summed E-state index contributed by atoms with van der Waals surface area (Å²) in [5.41, 5.74) is -5.29. The SMILES string of the molecule is N#Cc1ccc(NC(=O)C(O)(CS(=O)(=O)C2CC2)c2ccc(F)cc2)cc1C(F)(F)F. The zero-order valence-corrected chi connectivity index (χ0v) is 16.6. The first-order valence-corrected chi connectivity index (χ1v) is 10.7. The highest BCUT2D eigenvalue weighted by Gasteiger charge is 2.47. The van der Waals surface area contributed by atoms with Crippen LogP contribution in [0, 0.1) is 17.1 Å². The Balaban J connectivity index is 1.99. The minimum atomic E-state index is -4.88. The van der Waals surface area contributed by atoms with Crippen LogP contribution >= 0.6 is 0 Å². The molecule has 2 aromatic carbocycles. The van der Waals surface area contributed by atoms with Gasteiger partial charge in [-0.05, 0) is 48.7 Å². The summed E-state index contributed by atoms with van der Waals surface area (Å²) in [5, 5.41) is 21.3. The molecule has 2 N–H and O–H groups in total. The first-order valence-electron chi connectivity index (χ1n) is 8.99. The van der Waals surface area contributed by atoms with Crippen molar-refractivity contribution in [3.63, 3.8) is 0 Å². The van der Waals surface area contributed by atoms with E-state index in [-0.39, 0.29) is 5.56 Å². The van der Waals surface area contributed by atoms with Crippen molar-refractivity contribution >= 4 is 21.4 Å². The number of nitriles is 1. The average molecular weight is 456 g/mol. The Bertz CT molecular complexity index is 1150. The van der Waals surface area contributed by atoms with Crippen LogP contribution in [-0.2, 0) is 26.4 Å². The fourth-order valence-corrected chi connectivity index (χ4v) is 5.00. The maximum atomic E-state index is 13.3. The average Bonchev–Trinajstić information content (AvgIpc) is 3.53. The van der Waals surface area contributed by atoms with Gasteiger partial charge in [-0.1, -0.05) is 12.1 Å². The summed E-state index contributed by atoms with van der Waals surface area (Å²) in [6.07, 6.45) is -4.14. The first kappa shape index (κ1) is 22.7. The lowest BCUT2D eigenvalue weighted by Crippen LogP contribution is -2.46. The largest absolute Gasteiger partial charge is 0.417 e. The summed E-state index contributed by atoms with van der Waals surface area (Å²) in [6, 6.07) is 7.66. The minimum Gasteiger partial charge on any atom is -0.374 e. The molecule has 0 saturated heterocycles. The van der Waals surface area contributed by atoms with Crippen LogP contribution < -0.4 is 5.32 Å². The molecule has 1 aliphatic carbocycles. The molecule has 1 fully saturated rings. The fourth-order valence-electron chi connectivity index (χ4n) is 3.03. The van der Waals surface area contributed by atoms with E-state index in [1.165, 1.54) is 6.07 Å². The molecule has 3 rings (SSSR count). The second kappa shape index (κ2) is 7.94. The van der Waals surface area contributed by atoms with E-state index in [4.69, 9.17) is 5.26 Å². The van der Waals surface area contributed by atoms with Crippen LogP contribution in [0.4, 0.5) is 23.2 Å². The van der Waals surface area contributed by atoms with Gasteiger partial charge in [-0.3, -0.25) is 4.79 Å². The summed E-state index contributed by atoms with van der Waals surface area (Å²) in [6.45, 7) is 0. The Labute approximate surface area is 175 Å². The normalized spacial score (nSPS) is 16.3. The number of nitrogens with zero attached hydrogens (tertiary/aromatic N) is 1. The number of rotatable bonds is 6. The van der Waals surface area contributed by atoms with Crippen molar-refractivity contribution in [3.05, 3.63) is 65.0 Å². The van der Waals surface area contributed by atoms with Crippen molar-refractivity contribution in [1.82, 2.24) is 0 Å². The van der Waals surface area contributed by atoms with Crippen LogP contribution in [0.15, 0.2) is 42.5 Å². The van der Waals surface area contributed by atoms with E-state index in [9.17, 15) is 35.9 Å². The Kier molecular flexibility index (Phi) is 5.82. The van der Waals surface area contributed by atoms with Crippen LogP contribution in [0.1, 0.15) is 29.5 Å². The number of hydrogen-bond acceptors (Lipinski definition) is 5. The van der Waals surface area contributed by atoms with Crippen molar-refractivity contribution in [3.8, 4) is 6.07 Å². The second-order valence-corrected chi connectivity index (χ2v) is 9.48.